The van der Waals surface area contributed by atoms with Crippen molar-refractivity contribution >= 4 is 11.8 Å². The second-order valence-corrected chi connectivity index (χ2v) is 5.51. The third-order valence-electron chi connectivity index (χ3n) is 4.21. The monoisotopic (exact) mass is 273 g/mol. The molecular weight excluding hydrogens is 254 g/mol. The van der Waals surface area contributed by atoms with Gasteiger partial charge < -0.3 is 9.80 Å². The zero-order valence-corrected chi connectivity index (χ0v) is 11.8. The van der Waals surface area contributed by atoms with E-state index in [1.165, 1.54) is 0 Å². The van der Waals surface area contributed by atoms with Crippen molar-refractivity contribution in [1.29, 1.82) is 0 Å². The number of carbonyl (C=O) groups is 2. The molecular formula is C15H19N3O2. The summed E-state index contributed by atoms with van der Waals surface area (Å²) in [6.07, 6.45) is 6.39. The van der Waals surface area contributed by atoms with Crippen LogP contribution in [0.4, 0.5) is 0 Å². The van der Waals surface area contributed by atoms with Crippen LogP contribution in [0.25, 0.3) is 0 Å². The fourth-order valence-electron chi connectivity index (χ4n) is 3.04. The number of nitrogens with zero attached hydrogens (tertiary/aromatic N) is 3. The zero-order chi connectivity index (χ0) is 14.1. The minimum Gasteiger partial charge on any atom is -0.339 e. The topological polar surface area (TPSA) is 53.5 Å². The van der Waals surface area contributed by atoms with Crippen LogP contribution < -0.4 is 0 Å². The van der Waals surface area contributed by atoms with Crippen molar-refractivity contribution in [2.24, 2.45) is 0 Å². The number of rotatable bonds is 1. The van der Waals surface area contributed by atoms with Gasteiger partial charge in [0.25, 0.3) is 5.91 Å². The normalized spacial score (nSPS) is 18.1. The third kappa shape index (κ3) is 2.28. The van der Waals surface area contributed by atoms with Crippen molar-refractivity contribution in [3.8, 4) is 0 Å². The molecule has 0 aromatic carbocycles. The first-order chi connectivity index (χ1) is 9.66. The van der Waals surface area contributed by atoms with Gasteiger partial charge in [-0.1, -0.05) is 0 Å². The number of fused-ring (bicyclic) bond motifs is 1. The number of carbonyl (C=O) groups excluding carboxylic acids is 2. The minimum absolute atomic E-state index is 0.0759. The van der Waals surface area contributed by atoms with Crippen molar-refractivity contribution in [1.82, 2.24) is 14.8 Å². The van der Waals surface area contributed by atoms with Crippen LogP contribution in [0.5, 0.6) is 0 Å². The van der Waals surface area contributed by atoms with E-state index in [1.54, 1.807) is 24.2 Å². The Bertz CT molecular complexity index is 550. The fourth-order valence-corrected chi connectivity index (χ4v) is 3.04. The van der Waals surface area contributed by atoms with Crippen molar-refractivity contribution in [2.45, 2.75) is 32.7 Å². The number of likely N-dealkylation sites (tertiary alicyclic amines) is 1. The van der Waals surface area contributed by atoms with Gasteiger partial charge in [0.1, 0.15) is 0 Å². The molecule has 0 saturated carbocycles. The van der Waals surface area contributed by atoms with Gasteiger partial charge in [0.15, 0.2) is 0 Å². The molecule has 3 heterocycles. The van der Waals surface area contributed by atoms with Gasteiger partial charge >= 0.3 is 0 Å². The first-order valence-corrected chi connectivity index (χ1v) is 7.17. The lowest BCUT2D eigenvalue weighted by Gasteiger charge is -2.29. The Morgan fingerprint density at radius 1 is 1.10 bits per heavy atom. The highest BCUT2D eigenvalue weighted by molar-refractivity contribution is 5.96. The molecule has 0 spiro atoms. The Morgan fingerprint density at radius 3 is 2.55 bits per heavy atom. The van der Waals surface area contributed by atoms with E-state index < -0.39 is 0 Å². The smallest absolute Gasteiger partial charge is 0.255 e. The predicted octanol–water partition coefficient (Wildman–Crippen LogP) is 1.22. The molecule has 1 saturated heterocycles. The molecule has 2 aliphatic heterocycles. The van der Waals surface area contributed by atoms with Crippen LogP contribution in [0.2, 0.25) is 0 Å². The third-order valence-corrected chi connectivity index (χ3v) is 4.21. The molecule has 3 rings (SSSR count). The van der Waals surface area contributed by atoms with E-state index in [1.807, 2.05) is 4.90 Å². The Labute approximate surface area is 118 Å². The van der Waals surface area contributed by atoms with Gasteiger partial charge in [0.05, 0.1) is 5.56 Å². The van der Waals surface area contributed by atoms with E-state index in [9.17, 15) is 9.59 Å². The summed E-state index contributed by atoms with van der Waals surface area (Å²) in [5.74, 6) is 0.176. The summed E-state index contributed by atoms with van der Waals surface area (Å²) < 4.78 is 0. The summed E-state index contributed by atoms with van der Waals surface area (Å²) in [4.78, 5) is 31.9. The number of pyridine rings is 1. The summed E-state index contributed by atoms with van der Waals surface area (Å²) >= 11 is 0. The predicted molar refractivity (Wildman–Crippen MR) is 74.2 cm³/mol. The lowest BCUT2D eigenvalue weighted by Crippen LogP contribution is -2.36. The lowest BCUT2D eigenvalue weighted by molar-refractivity contribution is -0.129. The zero-order valence-electron chi connectivity index (χ0n) is 11.8. The largest absolute Gasteiger partial charge is 0.339 e. The number of hydrogen-bond acceptors (Lipinski definition) is 3. The van der Waals surface area contributed by atoms with Crippen molar-refractivity contribution in [2.75, 3.05) is 19.6 Å². The Kier molecular flexibility index (Phi) is 3.42. The lowest BCUT2D eigenvalue weighted by atomic mass is 9.96. The number of hydrogen-bond donors (Lipinski definition) is 0. The summed E-state index contributed by atoms with van der Waals surface area (Å²) in [6.45, 7) is 4.53. The average molecular weight is 273 g/mol. The molecule has 0 bridgehead atoms. The summed E-state index contributed by atoms with van der Waals surface area (Å²) in [5, 5.41) is 0. The van der Waals surface area contributed by atoms with Gasteiger partial charge in [-0.2, -0.15) is 0 Å². The average Bonchev–Trinajstić information content (AvgIpc) is 2.99. The van der Waals surface area contributed by atoms with Gasteiger partial charge in [-0.3, -0.25) is 14.6 Å². The Hall–Kier alpha value is -1.91. The first-order valence-electron chi connectivity index (χ1n) is 7.17. The highest BCUT2D eigenvalue weighted by Gasteiger charge is 2.26. The van der Waals surface area contributed by atoms with Crippen LogP contribution in [0.1, 0.15) is 41.3 Å². The molecule has 0 radical (unpaired) electrons. The van der Waals surface area contributed by atoms with Crippen LogP contribution >= 0.6 is 0 Å². The second-order valence-electron chi connectivity index (χ2n) is 5.51. The maximum Gasteiger partial charge on any atom is 0.255 e. The number of amides is 2. The summed E-state index contributed by atoms with van der Waals surface area (Å²) in [5.41, 5.74) is 2.82. The highest BCUT2D eigenvalue weighted by atomic mass is 16.2. The van der Waals surface area contributed by atoms with E-state index in [4.69, 9.17) is 0 Å². The molecule has 0 unspecified atom stereocenters. The standard InChI is InChI=1S/C15H19N3O2/c1-11(19)18-7-4-13-12(10-18)8-16-9-14(13)15(20)17-5-2-3-6-17/h8-9H,2-7,10H2,1H3. The molecule has 1 aromatic rings. The fraction of sp³-hybridized carbons (Fsp3) is 0.533. The van der Waals surface area contributed by atoms with Crippen LogP contribution in [0, 0.1) is 0 Å². The molecule has 5 nitrogen and oxygen atoms in total. The molecule has 0 N–H and O–H groups in total. The number of aromatic nitrogens is 1. The molecule has 0 aliphatic carbocycles. The maximum absolute atomic E-state index is 12.5. The van der Waals surface area contributed by atoms with Crippen molar-refractivity contribution in [3.05, 3.63) is 29.1 Å². The molecule has 20 heavy (non-hydrogen) atoms. The molecule has 5 heteroatoms. The van der Waals surface area contributed by atoms with Gasteiger partial charge in [-0.05, 0) is 30.4 Å². The quantitative estimate of drug-likeness (QED) is 0.773. The molecule has 2 amide bonds. The van der Waals surface area contributed by atoms with Gasteiger partial charge in [0.2, 0.25) is 5.91 Å². The van der Waals surface area contributed by atoms with Crippen LogP contribution in [-0.4, -0.2) is 46.2 Å². The molecule has 106 valence electrons. The maximum atomic E-state index is 12.5. The van der Waals surface area contributed by atoms with Gasteiger partial charge in [-0.15, -0.1) is 0 Å². The van der Waals surface area contributed by atoms with Crippen molar-refractivity contribution < 1.29 is 9.59 Å². The van der Waals surface area contributed by atoms with Gasteiger partial charge in [0, 0.05) is 45.5 Å². The van der Waals surface area contributed by atoms with E-state index >= 15 is 0 Å². The van der Waals surface area contributed by atoms with Crippen LogP contribution in [0.15, 0.2) is 12.4 Å². The van der Waals surface area contributed by atoms with Crippen molar-refractivity contribution in [3.63, 3.8) is 0 Å². The highest BCUT2D eigenvalue weighted by Crippen LogP contribution is 2.23. The van der Waals surface area contributed by atoms with E-state index in [0.717, 1.165) is 49.0 Å². The van der Waals surface area contributed by atoms with Crippen LogP contribution in [-0.2, 0) is 17.8 Å². The second kappa shape index (κ2) is 5.23. The molecule has 1 fully saturated rings. The summed E-state index contributed by atoms with van der Waals surface area (Å²) in [7, 11) is 0. The van der Waals surface area contributed by atoms with E-state index in [2.05, 4.69) is 4.98 Å². The first kappa shape index (κ1) is 13.1. The van der Waals surface area contributed by atoms with Gasteiger partial charge in [-0.25, -0.2) is 0 Å². The van der Waals surface area contributed by atoms with E-state index in [-0.39, 0.29) is 11.8 Å². The Balaban J connectivity index is 1.89. The minimum atomic E-state index is 0.0759. The summed E-state index contributed by atoms with van der Waals surface area (Å²) in [6, 6.07) is 0. The molecule has 0 atom stereocenters. The van der Waals surface area contributed by atoms with E-state index in [0.29, 0.717) is 13.1 Å². The molecule has 2 aliphatic rings. The molecule has 1 aromatic heterocycles. The van der Waals surface area contributed by atoms with Crippen LogP contribution in [0.3, 0.4) is 0 Å². The Morgan fingerprint density at radius 2 is 1.85 bits per heavy atom. The SMILES string of the molecule is CC(=O)N1CCc2c(cncc2C(=O)N2CCCC2)C1.